The zero-order valence-corrected chi connectivity index (χ0v) is 18.0. The predicted molar refractivity (Wildman–Crippen MR) is 120 cm³/mol. The second-order valence-corrected chi connectivity index (χ2v) is 6.88. The van der Waals surface area contributed by atoms with Crippen LogP contribution in [0, 0.1) is 30.2 Å². The van der Waals surface area contributed by atoms with E-state index in [0.717, 1.165) is 5.56 Å². The largest absolute Gasteiger partial charge is 0.368 e. The number of nitrogen functional groups attached to an aromatic ring is 1. The number of likely N-dealkylation sites (N-methyl/N-ethyl adjacent to an activating group) is 1. The van der Waals surface area contributed by atoms with Gasteiger partial charge in [0.1, 0.15) is 12.4 Å². The average molecular weight is 432 g/mol. The molecule has 0 aliphatic carbocycles. The number of aryl methyl sites for hydroxylation is 1. The molecule has 1 aliphatic heterocycles. The molecule has 32 heavy (non-hydrogen) atoms. The molecule has 0 radical (unpaired) electrons. The molecule has 1 aliphatic rings. The summed E-state index contributed by atoms with van der Waals surface area (Å²) in [6, 6.07) is 3.71. The summed E-state index contributed by atoms with van der Waals surface area (Å²) in [4.78, 5) is 32.5. The molecule has 0 bridgehead atoms. The molecule has 4 N–H and O–H groups in total. The Morgan fingerprint density at radius 3 is 2.72 bits per heavy atom. The summed E-state index contributed by atoms with van der Waals surface area (Å²) < 4.78 is 0. The highest BCUT2D eigenvalue weighted by molar-refractivity contribution is 5.85. The predicted octanol–water partition coefficient (Wildman–Crippen LogP) is -0.543. The molecule has 0 unspecified atom stereocenters. The first-order chi connectivity index (χ1) is 15.5. The first-order valence-electron chi connectivity index (χ1n) is 9.98. The molecule has 0 aromatic carbocycles. The molecule has 3 rings (SSSR count). The number of guanidine groups is 1. The van der Waals surface area contributed by atoms with Crippen molar-refractivity contribution < 1.29 is 4.79 Å². The van der Waals surface area contributed by atoms with Crippen molar-refractivity contribution in [2.45, 2.75) is 6.92 Å². The number of carbonyl (C=O) groups excluding carboxylic acids is 1. The molecule has 1 saturated heterocycles. The van der Waals surface area contributed by atoms with Crippen LogP contribution in [0.4, 0.5) is 11.8 Å². The quantitative estimate of drug-likeness (QED) is 0.191. The van der Waals surface area contributed by atoms with Gasteiger partial charge < -0.3 is 20.9 Å². The van der Waals surface area contributed by atoms with Crippen LogP contribution in [-0.2, 0) is 4.79 Å². The number of piperazine rings is 1. The smallest absolute Gasteiger partial charge is 0.241 e. The highest BCUT2D eigenvalue weighted by Crippen LogP contribution is 2.22. The Kier molecular flexibility index (Phi) is 7.38. The zero-order valence-electron chi connectivity index (χ0n) is 18.0. The van der Waals surface area contributed by atoms with Crippen molar-refractivity contribution in [2.75, 3.05) is 50.4 Å². The Morgan fingerprint density at radius 1 is 1.28 bits per heavy atom. The molecular formula is C21H24N10O. The van der Waals surface area contributed by atoms with E-state index >= 15 is 0 Å². The Hall–Kier alpha value is -4.38. The summed E-state index contributed by atoms with van der Waals surface area (Å²) in [5.41, 5.74) is 8.12. The van der Waals surface area contributed by atoms with Crippen LogP contribution in [0.2, 0.25) is 0 Å². The van der Waals surface area contributed by atoms with Crippen molar-refractivity contribution in [3.63, 3.8) is 0 Å². The first kappa shape index (κ1) is 22.3. The van der Waals surface area contributed by atoms with Crippen LogP contribution in [-0.4, -0.2) is 71.5 Å². The van der Waals surface area contributed by atoms with Gasteiger partial charge in [-0.25, -0.2) is 9.98 Å². The summed E-state index contributed by atoms with van der Waals surface area (Å²) in [6.07, 6.45) is 5.27. The van der Waals surface area contributed by atoms with Crippen molar-refractivity contribution in [1.29, 1.82) is 5.26 Å². The molecule has 0 spiro atoms. The van der Waals surface area contributed by atoms with Crippen molar-refractivity contribution in [1.82, 2.24) is 30.5 Å². The van der Waals surface area contributed by atoms with Gasteiger partial charge in [-0.2, -0.15) is 10.2 Å². The fraction of sp³-hybridized carbons (Fsp3) is 0.333. The fourth-order valence-electron chi connectivity index (χ4n) is 3.15. The maximum atomic E-state index is 11.5. The molecule has 3 heterocycles. The summed E-state index contributed by atoms with van der Waals surface area (Å²) >= 11 is 0. The van der Waals surface area contributed by atoms with Gasteiger partial charge in [-0.15, -0.1) is 0 Å². The number of carbonyl (C=O) groups is 1. The van der Waals surface area contributed by atoms with Gasteiger partial charge in [0.15, 0.2) is 6.19 Å². The van der Waals surface area contributed by atoms with Gasteiger partial charge >= 0.3 is 0 Å². The number of nitrogens with two attached hydrogens (primary N) is 1. The minimum absolute atomic E-state index is 0.0591. The van der Waals surface area contributed by atoms with Crippen LogP contribution in [0.5, 0.6) is 0 Å². The highest BCUT2D eigenvalue weighted by atomic mass is 16.1. The molecule has 2 aromatic heterocycles. The number of aliphatic imine (C=N–C) groups is 1. The number of anilines is 2. The van der Waals surface area contributed by atoms with Crippen LogP contribution < -0.4 is 21.3 Å². The van der Waals surface area contributed by atoms with Crippen molar-refractivity contribution in [3.8, 4) is 18.0 Å². The van der Waals surface area contributed by atoms with Crippen molar-refractivity contribution in [2.24, 2.45) is 4.99 Å². The van der Waals surface area contributed by atoms with Gasteiger partial charge in [0.05, 0.1) is 11.3 Å². The Morgan fingerprint density at radius 2 is 2.06 bits per heavy atom. The average Bonchev–Trinajstić information content (AvgIpc) is 2.81. The van der Waals surface area contributed by atoms with Gasteiger partial charge in [0.25, 0.3) is 0 Å². The summed E-state index contributed by atoms with van der Waals surface area (Å²) in [6.45, 7) is 4.13. The molecule has 0 saturated carbocycles. The van der Waals surface area contributed by atoms with Crippen molar-refractivity contribution in [3.05, 3.63) is 41.3 Å². The van der Waals surface area contributed by atoms with E-state index in [4.69, 9.17) is 11.0 Å². The second kappa shape index (κ2) is 10.6. The lowest BCUT2D eigenvalue weighted by molar-refractivity contribution is -0.119. The number of hydrogen-bond acceptors (Lipinski definition) is 8. The maximum absolute atomic E-state index is 11.5. The minimum Gasteiger partial charge on any atom is -0.368 e. The lowest BCUT2D eigenvalue weighted by Crippen LogP contribution is -2.52. The topological polar surface area (TPSA) is 148 Å². The van der Waals surface area contributed by atoms with Crippen LogP contribution in [0.1, 0.15) is 16.8 Å². The zero-order chi connectivity index (χ0) is 22.9. The van der Waals surface area contributed by atoms with E-state index in [1.807, 2.05) is 30.1 Å². The van der Waals surface area contributed by atoms with E-state index < -0.39 is 0 Å². The van der Waals surface area contributed by atoms with E-state index in [1.165, 1.54) is 7.05 Å². The monoisotopic (exact) mass is 432 g/mol. The van der Waals surface area contributed by atoms with Gasteiger partial charge in [0, 0.05) is 51.2 Å². The Balaban J connectivity index is 1.80. The first-order valence-corrected chi connectivity index (χ1v) is 9.98. The lowest BCUT2D eigenvalue weighted by atomic mass is 10.1. The fourth-order valence-corrected chi connectivity index (χ4v) is 3.15. The van der Waals surface area contributed by atoms with Gasteiger partial charge in [-0.3, -0.25) is 15.1 Å². The number of nitriles is 1. The van der Waals surface area contributed by atoms with Gasteiger partial charge in [-0.05, 0) is 19.1 Å². The van der Waals surface area contributed by atoms with Crippen LogP contribution in [0.3, 0.4) is 0 Å². The van der Waals surface area contributed by atoms with E-state index in [0.29, 0.717) is 49.2 Å². The highest BCUT2D eigenvalue weighted by Gasteiger charge is 2.24. The van der Waals surface area contributed by atoms with Crippen LogP contribution >= 0.6 is 0 Å². The number of aromatic nitrogens is 3. The number of hydrogen-bond donors (Lipinski definition) is 3. The third kappa shape index (κ3) is 5.61. The standard InChI is InChI=1S/C21H24N10O/c1-15-17(6-5-16-4-3-7-25-12-16)19(29-20(23)28-15)30-8-10-31(11-9-30)21(27-14-22)26-13-18(32)24-2/h3-4,7,12H,8-11,13H2,1-2H3,(H,24,32)(H,26,27)(H2,23,28,29). The number of nitrogens with one attached hydrogen (secondary N) is 2. The third-order valence-corrected chi connectivity index (χ3v) is 4.78. The summed E-state index contributed by atoms with van der Waals surface area (Å²) in [7, 11) is 1.54. The Labute approximate surface area is 186 Å². The molecule has 1 amide bonds. The van der Waals surface area contributed by atoms with Crippen LogP contribution in [0.15, 0.2) is 29.5 Å². The number of amides is 1. The number of nitrogens with zero attached hydrogens (tertiary/aromatic N) is 7. The third-order valence-electron chi connectivity index (χ3n) is 4.78. The van der Waals surface area contributed by atoms with E-state index in [1.54, 1.807) is 12.4 Å². The maximum Gasteiger partial charge on any atom is 0.241 e. The molecule has 2 aromatic rings. The van der Waals surface area contributed by atoms with Gasteiger partial charge in [0.2, 0.25) is 17.8 Å². The lowest BCUT2D eigenvalue weighted by Gasteiger charge is -2.36. The molecule has 164 valence electrons. The summed E-state index contributed by atoms with van der Waals surface area (Å²) in [5.74, 6) is 7.26. The molecule has 11 heteroatoms. The molecule has 0 atom stereocenters. The van der Waals surface area contributed by atoms with Crippen LogP contribution in [0.25, 0.3) is 0 Å². The molecular weight excluding hydrogens is 408 g/mol. The SMILES string of the molecule is CNC(=O)CN=C(NC#N)N1CCN(c2nc(N)nc(C)c2C#Cc2cccnc2)CC1. The molecule has 1 fully saturated rings. The van der Waals surface area contributed by atoms with E-state index in [9.17, 15) is 4.79 Å². The number of rotatable bonds is 3. The van der Waals surface area contributed by atoms with E-state index in [-0.39, 0.29) is 18.4 Å². The normalized spacial score (nSPS) is 13.6. The van der Waals surface area contributed by atoms with Crippen molar-refractivity contribution >= 4 is 23.6 Å². The van der Waals surface area contributed by atoms with E-state index in [2.05, 4.69) is 47.3 Å². The Bertz CT molecular complexity index is 1090. The number of pyridine rings is 1. The minimum atomic E-state index is -0.232. The second-order valence-electron chi connectivity index (χ2n) is 6.88. The molecule has 11 nitrogen and oxygen atoms in total. The van der Waals surface area contributed by atoms with Gasteiger partial charge in [-0.1, -0.05) is 11.8 Å². The summed E-state index contributed by atoms with van der Waals surface area (Å²) in [5, 5.41) is 14.1.